The van der Waals surface area contributed by atoms with Gasteiger partial charge in [-0.2, -0.15) is 0 Å². The zero-order valence-corrected chi connectivity index (χ0v) is 14.6. The second-order valence-corrected chi connectivity index (χ2v) is 7.00. The lowest BCUT2D eigenvalue weighted by Crippen LogP contribution is -2.11. The molecule has 1 aliphatic rings. The van der Waals surface area contributed by atoms with Gasteiger partial charge in [0.05, 0.1) is 5.92 Å². The zero-order valence-electron chi connectivity index (χ0n) is 13.8. The van der Waals surface area contributed by atoms with Crippen molar-refractivity contribution in [3.8, 4) is 0 Å². The fraction of sp³-hybridized carbons (Fsp3) is 0.211. The molecule has 1 amide bonds. The third kappa shape index (κ3) is 3.44. The number of benzene rings is 2. The normalized spacial score (nSPS) is 14.1. The van der Waals surface area contributed by atoms with Gasteiger partial charge >= 0.3 is 5.97 Å². The van der Waals surface area contributed by atoms with E-state index in [1.54, 1.807) is 43.0 Å². The molecule has 0 aliphatic carbocycles. The molecule has 0 fully saturated rings. The van der Waals surface area contributed by atoms with Crippen LogP contribution in [0.3, 0.4) is 0 Å². The third-order valence-electron chi connectivity index (χ3n) is 4.18. The van der Waals surface area contributed by atoms with Crippen molar-refractivity contribution < 1.29 is 19.5 Å². The van der Waals surface area contributed by atoms with Gasteiger partial charge in [0, 0.05) is 34.4 Å². The predicted molar refractivity (Wildman–Crippen MR) is 96.2 cm³/mol. The highest BCUT2D eigenvalue weighted by Crippen LogP contribution is 2.36. The van der Waals surface area contributed by atoms with Crippen molar-refractivity contribution in [3.05, 3.63) is 58.7 Å². The second-order valence-electron chi connectivity index (χ2n) is 5.99. The van der Waals surface area contributed by atoms with Gasteiger partial charge < -0.3 is 10.4 Å². The fourth-order valence-corrected chi connectivity index (χ4v) is 3.79. The number of hydrogen-bond acceptors (Lipinski definition) is 4. The Labute approximate surface area is 149 Å². The number of nitrogens with one attached hydrogen (secondary N) is 1. The molecular weight excluding hydrogens is 338 g/mol. The van der Waals surface area contributed by atoms with Crippen LogP contribution in [-0.2, 0) is 15.3 Å². The average Bonchev–Trinajstić information content (AvgIpc) is 2.71. The van der Waals surface area contributed by atoms with Crippen molar-refractivity contribution in [2.75, 3.05) is 5.32 Å². The number of fused-ring (bicyclic) bond motifs is 2. The van der Waals surface area contributed by atoms with E-state index in [4.69, 9.17) is 0 Å². The van der Waals surface area contributed by atoms with Crippen molar-refractivity contribution in [1.29, 1.82) is 0 Å². The minimum atomic E-state index is -0.929. The molecule has 128 valence electrons. The summed E-state index contributed by atoms with van der Waals surface area (Å²) in [6.45, 7) is 3.01. The Bertz CT molecular complexity index is 891. The summed E-state index contributed by atoms with van der Waals surface area (Å²) in [6.07, 6.45) is 0. The molecule has 0 spiro atoms. The summed E-state index contributed by atoms with van der Waals surface area (Å²) < 4.78 is 0. The Kier molecular flexibility index (Phi) is 4.63. The molecule has 0 aromatic heterocycles. The van der Waals surface area contributed by atoms with Crippen LogP contribution in [0.1, 0.15) is 46.8 Å². The van der Waals surface area contributed by atoms with Crippen molar-refractivity contribution in [1.82, 2.24) is 0 Å². The first kappa shape index (κ1) is 17.2. The van der Waals surface area contributed by atoms with Gasteiger partial charge in [0.2, 0.25) is 5.91 Å². The third-order valence-corrected chi connectivity index (χ3v) is 5.30. The molecule has 1 heterocycles. The molecule has 2 N–H and O–H groups in total. The number of rotatable bonds is 3. The molecular formula is C19H17NO4S. The first-order chi connectivity index (χ1) is 11.9. The van der Waals surface area contributed by atoms with Crippen LogP contribution in [0.15, 0.2) is 41.3 Å². The molecule has 1 aliphatic heterocycles. The van der Waals surface area contributed by atoms with E-state index in [-0.39, 0.29) is 11.7 Å². The van der Waals surface area contributed by atoms with Crippen LogP contribution >= 0.6 is 11.8 Å². The monoisotopic (exact) mass is 355 g/mol. The van der Waals surface area contributed by atoms with E-state index in [0.29, 0.717) is 28.1 Å². The summed E-state index contributed by atoms with van der Waals surface area (Å²) in [6, 6.07) is 10.6. The highest BCUT2D eigenvalue weighted by Gasteiger charge is 2.24. The molecule has 25 heavy (non-hydrogen) atoms. The van der Waals surface area contributed by atoms with Crippen LogP contribution < -0.4 is 5.32 Å². The lowest BCUT2D eigenvalue weighted by molar-refractivity contribution is -0.138. The molecule has 1 atom stereocenters. The molecule has 6 heteroatoms. The summed E-state index contributed by atoms with van der Waals surface area (Å²) in [5.41, 5.74) is 3.12. The van der Waals surface area contributed by atoms with Crippen LogP contribution in [0.4, 0.5) is 5.69 Å². The van der Waals surface area contributed by atoms with E-state index in [2.05, 4.69) is 5.32 Å². The van der Waals surface area contributed by atoms with E-state index in [1.165, 1.54) is 6.92 Å². The summed E-state index contributed by atoms with van der Waals surface area (Å²) >= 11 is 1.55. The number of aliphatic carboxylic acids is 1. The minimum absolute atomic E-state index is 0.151. The molecule has 3 rings (SSSR count). The van der Waals surface area contributed by atoms with Gasteiger partial charge in [0.15, 0.2) is 5.78 Å². The standard InChI is InChI=1S/C19H17NO4S/c1-10(19(23)24)12-4-6-17-16(7-12)18(22)15-8-14(20-11(2)21)5-3-13(15)9-25-17/h3-8,10H,9H2,1-2H3,(H,20,21)(H,23,24)/t10-/m1/s1. The Morgan fingerprint density at radius 2 is 1.92 bits per heavy atom. The Balaban J connectivity index is 2.06. The molecule has 0 bridgehead atoms. The molecule has 0 unspecified atom stereocenters. The number of carboxylic acid groups (broad SMARTS) is 1. The van der Waals surface area contributed by atoms with Gasteiger partial charge in [0.1, 0.15) is 0 Å². The van der Waals surface area contributed by atoms with E-state index in [1.807, 2.05) is 12.1 Å². The van der Waals surface area contributed by atoms with Crippen molar-refractivity contribution in [3.63, 3.8) is 0 Å². The number of carboxylic acids is 1. The molecule has 2 aromatic carbocycles. The number of carbonyl (C=O) groups is 3. The van der Waals surface area contributed by atoms with Crippen LogP contribution in [0.5, 0.6) is 0 Å². The lowest BCUT2D eigenvalue weighted by Gasteiger charge is -2.11. The van der Waals surface area contributed by atoms with E-state index in [9.17, 15) is 19.5 Å². The highest BCUT2D eigenvalue weighted by molar-refractivity contribution is 7.98. The topological polar surface area (TPSA) is 83.5 Å². The fourth-order valence-electron chi connectivity index (χ4n) is 2.76. The van der Waals surface area contributed by atoms with Gasteiger partial charge in [-0.15, -0.1) is 11.8 Å². The highest BCUT2D eigenvalue weighted by atomic mass is 32.2. The van der Waals surface area contributed by atoms with Crippen LogP contribution in [-0.4, -0.2) is 22.8 Å². The van der Waals surface area contributed by atoms with Gasteiger partial charge in [0.25, 0.3) is 0 Å². The van der Waals surface area contributed by atoms with E-state index in [0.717, 1.165) is 10.5 Å². The average molecular weight is 355 g/mol. The Hall–Kier alpha value is -2.60. The van der Waals surface area contributed by atoms with Gasteiger partial charge in [-0.3, -0.25) is 14.4 Å². The maximum Gasteiger partial charge on any atom is 0.310 e. The first-order valence-corrected chi connectivity index (χ1v) is 8.80. The molecule has 0 saturated heterocycles. The number of hydrogen-bond donors (Lipinski definition) is 2. The largest absolute Gasteiger partial charge is 0.481 e. The van der Waals surface area contributed by atoms with Gasteiger partial charge in [-0.25, -0.2) is 0 Å². The SMILES string of the molecule is CC(=O)Nc1ccc2c(c1)C(=O)c1cc([C@@H](C)C(=O)O)ccc1SC2. The van der Waals surface area contributed by atoms with E-state index < -0.39 is 11.9 Å². The minimum Gasteiger partial charge on any atom is -0.481 e. The van der Waals surface area contributed by atoms with E-state index >= 15 is 0 Å². The Morgan fingerprint density at radius 1 is 1.16 bits per heavy atom. The van der Waals surface area contributed by atoms with Crippen LogP contribution in [0.25, 0.3) is 0 Å². The van der Waals surface area contributed by atoms with Gasteiger partial charge in [-0.05, 0) is 42.3 Å². The molecule has 5 nitrogen and oxygen atoms in total. The number of ketones is 1. The smallest absolute Gasteiger partial charge is 0.310 e. The first-order valence-electron chi connectivity index (χ1n) is 7.81. The van der Waals surface area contributed by atoms with Crippen molar-refractivity contribution in [2.24, 2.45) is 0 Å². The van der Waals surface area contributed by atoms with Crippen LogP contribution in [0.2, 0.25) is 0 Å². The van der Waals surface area contributed by atoms with Crippen molar-refractivity contribution >= 4 is 35.1 Å². The Morgan fingerprint density at radius 3 is 2.60 bits per heavy atom. The molecule has 0 radical (unpaired) electrons. The summed E-state index contributed by atoms with van der Waals surface area (Å²) in [4.78, 5) is 36.4. The summed E-state index contributed by atoms with van der Waals surface area (Å²) in [5.74, 6) is -1.32. The summed E-state index contributed by atoms with van der Waals surface area (Å²) in [7, 11) is 0. The quantitative estimate of drug-likeness (QED) is 0.878. The number of amides is 1. The number of carbonyl (C=O) groups excluding carboxylic acids is 2. The molecule has 0 saturated carbocycles. The second kappa shape index (κ2) is 6.72. The maximum atomic E-state index is 13.0. The number of anilines is 1. The predicted octanol–water partition coefficient (Wildman–Crippen LogP) is 3.67. The van der Waals surface area contributed by atoms with Crippen LogP contribution in [0, 0.1) is 0 Å². The lowest BCUT2D eigenvalue weighted by atomic mass is 9.94. The molecule has 2 aromatic rings. The maximum absolute atomic E-state index is 13.0. The van der Waals surface area contributed by atoms with Crippen molar-refractivity contribution in [2.45, 2.75) is 30.4 Å². The zero-order chi connectivity index (χ0) is 18.1. The van der Waals surface area contributed by atoms with Gasteiger partial charge in [-0.1, -0.05) is 12.1 Å². The summed E-state index contributed by atoms with van der Waals surface area (Å²) in [5, 5.41) is 11.9. The number of thioether (sulfide) groups is 1.